The highest BCUT2D eigenvalue weighted by Crippen LogP contribution is 2.31. The molecule has 0 radical (unpaired) electrons. The highest BCUT2D eigenvalue weighted by atomic mass is 35.5. The maximum absolute atomic E-state index is 13.3. The van der Waals surface area contributed by atoms with Crippen molar-refractivity contribution in [3.05, 3.63) is 83.7 Å². The maximum atomic E-state index is 13.3. The van der Waals surface area contributed by atoms with E-state index in [0.717, 1.165) is 6.42 Å². The quantitative estimate of drug-likeness (QED) is 0.306. The Balaban J connectivity index is 2.15. The number of hydrogen-bond donors (Lipinski definition) is 1. The Labute approximate surface area is 165 Å². The number of amides is 1. The molecule has 142 valence electrons. The fourth-order valence-electron chi connectivity index (χ4n) is 2.23. The van der Waals surface area contributed by atoms with Crippen LogP contribution in [0.25, 0.3) is 0 Å². The van der Waals surface area contributed by atoms with Gasteiger partial charge in [-0.25, -0.2) is 13.2 Å². The fraction of sp³-hybridized carbons (Fsp3) is 0.150. The third kappa shape index (κ3) is 5.65. The summed E-state index contributed by atoms with van der Waals surface area (Å²) < 4.78 is 39.6. The van der Waals surface area contributed by atoms with Crippen LogP contribution in [0.4, 0.5) is 18.9 Å². The Kier molecular flexibility index (Phi) is 7.56. The van der Waals surface area contributed by atoms with Gasteiger partial charge < -0.3 is 5.32 Å². The van der Waals surface area contributed by atoms with Crippen LogP contribution in [0.3, 0.4) is 0 Å². The van der Waals surface area contributed by atoms with Gasteiger partial charge in [-0.1, -0.05) is 23.8 Å². The van der Waals surface area contributed by atoms with E-state index in [1.54, 1.807) is 18.2 Å². The van der Waals surface area contributed by atoms with E-state index in [2.05, 4.69) is 18.5 Å². The summed E-state index contributed by atoms with van der Waals surface area (Å²) in [7, 11) is 0. The molecule has 0 aliphatic carbocycles. The second kappa shape index (κ2) is 9.67. The Hall–Kier alpha value is -2.18. The van der Waals surface area contributed by atoms with Crippen LogP contribution in [-0.4, -0.2) is 11.7 Å². The number of nitrogens with one attached hydrogen (secondary N) is 1. The van der Waals surface area contributed by atoms with Gasteiger partial charge in [0.25, 0.3) is 5.91 Å². The number of anilines is 1. The van der Waals surface area contributed by atoms with E-state index >= 15 is 0 Å². The molecule has 0 saturated carbocycles. The van der Waals surface area contributed by atoms with E-state index in [1.165, 1.54) is 17.8 Å². The minimum Gasteiger partial charge on any atom is -0.322 e. The van der Waals surface area contributed by atoms with Gasteiger partial charge in [-0.15, -0.1) is 24.9 Å². The summed E-state index contributed by atoms with van der Waals surface area (Å²) in [5, 5.41) is 2.83. The van der Waals surface area contributed by atoms with E-state index in [0.29, 0.717) is 27.8 Å². The van der Waals surface area contributed by atoms with Crippen LogP contribution in [-0.2, 0) is 0 Å². The molecule has 0 heterocycles. The van der Waals surface area contributed by atoms with Crippen LogP contribution in [0.5, 0.6) is 0 Å². The second-order valence-electron chi connectivity index (χ2n) is 5.68. The van der Waals surface area contributed by atoms with Gasteiger partial charge in [0, 0.05) is 34.0 Å². The lowest BCUT2D eigenvalue weighted by Crippen LogP contribution is -2.13. The summed E-state index contributed by atoms with van der Waals surface area (Å²) in [5.41, 5.74) is 0.0733. The van der Waals surface area contributed by atoms with Crippen LogP contribution in [0.2, 0.25) is 5.02 Å². The molecule has 27 heavy (non-hydrogen) atoms. The first kappa shape index (κ1) is 21.1. The zero-order valence-electron chi connectivity index (χ0n) is 14.3. The SMILES string of the molecule is C=CCC(C=C)CSc1cc(C(=O)Nc2cc(F)c(F)c(F)c2)ccc1Cl. The number of halogens is 4. The molecule has 7 heteroatoms. The zero-order valence-corrected chi connectivity index (χ0v) is 15.8. The van der Waals surface area contributed by atoms with Crippen molar-refractivity contribution in [3.8, 4) is 0 Å². The van der Waals surface area contributed by atoms with Gasteiger partial charge in [0.15, 0.2) is 17.5 Å². The number of thioether (sulfide) groups is 1. The minimum atomic E-state index is -1.59. The molecule has 0 fully saturated rings. The van der Waals surface area contributed by atoms with Gasteiger partial charge in [-0.3, -0.25) is 4.79 Å². The molecule has 0 spiro atoms. The van der Waals surface area contributed by atoms with Gasteiger partial charge in [0.1, 0.15) is 0 Å². The third-order valence-electron chi connectivity index (χ3n) is 3.69. The van der Waals surface area contributed by atoms with Crippen molar-refractivity contribution in [2.24, 2.45) is 5.92 Å². The Bertz CT molecular complexity index is 849. The highest BCUT2D eigenvalue weighted by molar-refractivity contribution is 7.99. The van der Waals surface area contributed by atoms with Crippen molar-refractivity contribution in [2.45, 2.75) is 11.3 Å². The molecule has 0 bridgehead atoms. The van der Waals surface area contributed by atoms with Crippen molar-refractivity contribution >= 4 is 35.0 Å². The molecule has 0 aromatic heterocycles. The number of allylic oxidation sites excluding steroid dienone is 2. The average Bonchev–Trinajstić information content (AvgIpc) is 2.64. The highest BCUT2D eigenvalue weighted by Gasteiger charge is 2.15. The maximum Gasteiger partial charge on any atom is 0.255 e. The predicted molar refractivity (Wildman–Crippen MR) is 105 cm³/mol. The molecule has 2 aromatic rings. The van der Waals surface area contributed by atoms with E-state index in [-0.39, 0.29) is 17.2 Å². The molecule has 0 saturated heterocycles. The normalized spacial score (nSPS) is 11.7. The van der Waals surface area contributed by atoms with Crippen molar-refractivity contribution in [2.75, 3.05) is 11.1 Å². The summed E-state index contributed by atoms with van der Waals surface area (Å²) in [5.74, 6) is -4.02. The monoisotopic (exact) mass is 411 g/mol. The number of benzene rings is 2. The molecule has 2 rings (SSSR count). The van der Waals surface area contributed by atoms with Gasteiger partial charge in [-0.05, 0) is 30.5 Å². The summed E-state index contributed by atoms with van der Waals surface area (Å²) in [4.78, 5) is 13.0. The second-order valence-corrected chi connectivity index (χ2v) is 7.15. The van der Waals surface area contributed by atoms with Crippen LogP contribution >= 0.6 is 23.4 Å². The molecule has 2 nitrogen and oxygen atoms in total. The van der Waals surface area contributed by atoms with E-state index in [4.69, 9.17) is 11.6 Å². The molecular weight excluding hydrogens is 395 g/mol. The standard InChI is InChI=1S/C20H17ClF3NOS/c1-3-5-12(4-2)11-27-18-8-13(6-7-15(18)21)20(26)25-14-9-16(22)19(24)17(23)10-14/h3-4,6-10,12H,1-2,5,11H2,(H,25,26). The predicted octanol–water partition coefficient (Wildman–Crippen LogP) is 6.48. The topological polar surface area (TPSA) is 29.1 Å². The minimum absolute atomic E-state index is 0.182. The van der Waals surface area contributed by atoms with Gasteiger partial charge in [0.05, 0.1) is 5.02 Å². The first-order chi connectivity index (χ1) is 12.8. The summed E-state index contributed by atoms with van der Waals surface area (Å²) in [6.07, 6.45) is 4.41. The largest absolute Gasteiger partial charge is 0.322 e. The lowest BCUT2D eigenvalue weighted by Gasteiger charge is -2.12. The molecule has 1 atom stereocenters. The first-order valence-corrected chi connectivity index (χ1v) is 9.33. The Morgan fingerprint density at radius 1 is 1.19 bits per heavy atom. The van der Waals surface area contributed by atoms with Crippen molar-refractivity contribution < 1.29 is 18.0 Å². The number of carbonyl (C=O) groups excluding carboxylic acids is 1. The molecule has 0 aliphatic rings. The van der Waals surface area contributed by atoms with Crippen molar-refractivity contribution in [1.29, 1.82) is 0 Å². The molecule has 2 aromatic carbocycles. The van der Waals surface area contributed by atoms with Crippen molar-refractivity contribution in [3.63, 3.8) is 0 Å². The lowest BCUT2D eigenvalue weighted by molar-refractivity contribution is 0.102. The van der Waals surface area contributed by atoms with E-state index in [1.807, 2.05) is 6.08 Å². The van der Waals surface area contributed by atoms with Gasteiger partial charge >= 0.3 is 0 Å². The lowest BCUT2D eigenvalue weighted by atomic mass is 10.1. The first-order valence-electron chi connectivity index (χ1n) is 7.97. The van der Waals surface area contributed by atoms with Gasteiger partial charge in [-0.2, -0.15) is 0 Å². The van der Waals surface area contributed by atoms with E-state index < -0.39 is 23.4 Å². The third-order valence-corrected chi connectivity index (χ3v) is 5.38. The van der Waals surface area contributed by atoms with Crippen LogP contribution in [0.15, 0.2) is 60.5 Å². The molecular formula is C20H17ClF3NOS. The van der Waals surface area contributed by atoms with Crippen molar-refractivity contribution in [1.82, 2.24) is 0 Å². The summed E-state index contributed by atoms with van der Waals surface area (Å²) in [6, 6.07) is 6.08. The van der Waals surface area contributed by atoms with Crippen LogP contribution in [0, 0.1) is 23.4 Å². The molecule has 1 unspecified atom stereocenters. The number of hydrogen-bond acceptors (Lipinski definition) is 2. The zero-order chi connectivity index (χ0) is 20.0. The van der Waals surface area contributed by atoms with Crippen LogP contribution in [0.1, 0.15) is 16.8 Å². The molecule has 0 aliphatic heterocycles. The average molecular weight is 412 g/mol. The number of rotatable bonds is 8. The fourth-order valence-corrected chi connectivity index (χ4v) is 3.59. The molecule has 1 amide bonds. The van der Waals surface area contributed by atoms with Crippen LogP contribution < -0.4 is 5.32 Å². The Morgan fingerprint density at radius 3 is 2.44 bits per heavy atom. The molecule has 1 N–H and O–H groups in total. The number of carbonyl (C=O) groups is 1. The van der Waals surface area contributed by atoms with Gasteiger partial charge in [0.2, 0.25) is 0 Å². The smallest absolute Gasteiger partial charge is 0.255 e. The van der Waals surface area contributed by atoms with E-state index in [9.17, 15) is 18.0 Å². The summed E-state index contributed by atoms with van der Waals surface area (Å²) in [6.45, 7) is 7.48. The Morgan fingerprint density at radius 2 is 1.85 bits per heavy atom. The summed E-state index contributed by atoms with van der Waals surface area (Å²) >= 11 is 7.65.